The van der Waals surface area contributed by atoms with E-state index in [1.165, 1.54) is 28.0 Å². The van der Waals surface area contributed by atoms with Gasteiger partial charge in [0.25, 0.3) is 5.91 Å². The van der Waals surface area contributed by atoms with Crippen LogP contribution in [0.5, 0.6) is 0 Å². The minimum Gasteiger partial charge on any atom is -0.468 e. The normalized spacial score (nSPS) is 19.2. The lowest BCUT2D eigenvalue weighted by atomic mass is 9.81. The summed E-state index contributed by atoms with van der Waals surface area (Å²) in [5.74, 6) is -1.05. The summed E-state index contributed by atoms with van der Waals surface area (Å²) >= 11 is 1.30. The molecule has 18 heteroatoms. The van der Waals surface area contributed by atoms with Crippen LogP contribution in [0.3, 0.4) is 0 Å². The van der Waals surface area contributed by atoms with Crippen molar-refractivity contribution in [1.82, 2.24) is 35.2 Å². The van der Waals surface area contributed by atoms with E-state index in [9.17, 15) is 27.6 Å². The molecule has 3 aliphatic heterocycles. The molecule has 0 aliphatic carbocycles. The predicted octanol–water partition coefficient (Wildman–Crippen LogP) is 8.12. The highest BCUT2D eigenvalue weighted by atomic mass is 32.1. The molecule has 2 amide bonds. The number of alkyl halides is 3. The van der Waals surface area contributed by atoms with Gasteiger partial charge < -0.3 is 29.0 Å². The highest BCUT2D eigenvalue weighted by Crippen LogP contribution is 2.44. The molecule has 7 rings (SSSR count). The topological polar surface area (TPSA) is 143 Å². The Balaban J connectivity index is 1.29. The Kier molecular flexibility index (Phi) is 14.8. The zero-order valence-corrected chi connectivity index (χ0v) is 40.5. The van der Waals surface area contributed by atoms with Crippen LogP contribution in [0.1, 0.15) is 96.8 Å². The number of morpholine rings is 1. The SMILES string of the molecule is CCC(C)(C)Cc1c(-c2cc(N3CCN4CCOC[C@@H]4C3)cnc2C(C)C)n(CC(F)(F)F)c2ccc(-c3csc(C[C@H](NC(=O)OC(C)(C)C)C(=O)N4CCC[C@@H](C(=O)OC)N4)n3)cc12. The number of fused-ring (bicyclic) bond motifs is 2. The monoisotopic (exact) mass is 938 g/mol. The van der Waals surface area contributed by atoms with Crippen molar-refractivity contribution in [2.75, 3.05) is 57.9 Å². The number of piperazine rings is 1. The summed E-state index contributed by atoms with van der Waals surface area (Å²) in [5, 5.41) is 7.14. The predicted molar refractivity (Wildman–Crippen MR) is 249 cm³/mol. The zero-order valence-electron chi connectivity index (χ0n) is 39.6. The van der Waals surface area contributed by atoms with Gasteiger partial charge in [-0.25, -0.2) is 15.2 Å². The number of hydrogen-bond acceptors (Lipinski definition) is 12. The van der Waals surface area contributed by atoms with Gasteiger partial charge in [-0.2, -0.15) is 13.2 Å². The molecular formula is C48H65F3N8O6S. The highest BCUT2D eigenvalue weighted by Gasteiger charge is 2.37. The molecule has 6 heterocycles. The molecule has 3 atom stereocenters. The van der Waals surface area contributed by atoms with E-state index in [1.54, 1.807) is 32.9 Å². The molecule has 0 unspecified atom stereocenters. The van der Waals surface area contributed by atoms with Crippen LogP contribution in [0.25, 0.3) is 33.4 Å². The Morgan fingerprint density at radius 3 is 2.53 bits per heavy atom. The quantitative estimate of drug-likeness (QED) is 0.126. The lowest BCUT2D eigenvalue weighted by Gasteiger charge is -2.44. The number of carbonyl (C=O) groups excluding carboxylic acids is 3. The van der Waals surface area contributed by atoms with Gasteiger partial charge in [0.15, 0.2) is 0 Å². The van der Waals surface area contributed by atoms with Gasteiger partial charge >= 0.3 is 18.2 Å². The average Bonchev–Trinajstić information content (AvgIpc) is 3.85. The van der Waals surface area contributed by atoms with Crippen molar-refractivity contribution in [1.29, 1.82) is 0 Å². The number of nitrogens with one attached hydrogen (secondary N) is 2. The van der Waals surface area contributed by atoms with E-state index >= 15 is 0 Å². The molecule has 2 N–H and O–H groups in total. The smallest absolute Gasteiger partial charge is 0.408 e. The van der Waals surface area contributed by atoms with E-state index in [-0.39, 0.29) is 23.8 Å². The van der Waals surface area contributed by atoms with Gasteiger partial charge in [-0.1, -0.05) is 47.1 Å². The van der Waals surface area contributed by atoms with E-state index in [2.05, 4.69) is 47.4 Å². The summed E-state index contributed by atoms with van der Waals surface area (Å²) in [6.07, 6.45) is -1.10. The molecule has 3 saturated heterocycles. The van der Waals surface area contributed by atoms with Crippen molar-refractivity contribution in [3.05, 3.63) is 52.1 Å². The number of hydrazine groups is 1. The van der Waals surface area contributed by atoms with Crippen molar-refractivity contribution in [3.63, 3.8) is 0 Å². The second-order valence-corrected chi connectivity index (χ2v) is 20.8. The zero-order chi connectivity index (χ0) is 47.7. The fourth-order valence-electron chi connectivity index (χ4n) is 9.09. The molecule has 0 radical (unpaired) electrons. The van der Waals surface area contributed by atoms with E-state index in [0.717, 1.165) is 49.5 Å². The van der Waals surface area contributed by atoms with Gasteiger partial charge in [-0.3, -0.25) is 24.5 Å². The van der Waals surface area contributed by atoms with Crippen LogP contribution in [0.4, 0.5) is 23.7 Å². The van der Waals surface area contributed by atoms with E-state index in [0.29, 0.717) is 77.4 Å². The number of pyridine rings is 1. The minimum atomic E-state index is -4.52. The van der Waals surface area contributed by atoms with E-state index in [4.69, 9.17) is 24.2 Å². The van der Waals surface area contributed by atoms with Crippen molar-refractivity contribution in [2.24, 2.45) is 5.41 Å². The van der Waals surface area contributed by atoms with Crippen LogP contribution in [-0.4, -0.2) is 125 Å². The van der Waals surface area contributed by atoms with Gasteiger partial charge in [0, 0.05) is 66.6 Å². The number of aromatic nitrogens is 3. The van der Waals surface area contributed by atoms with Crippen molar-refractivity contribution < 1.29 is 41.8 Å². The average molecular weight is 939 g/mol. The van der Waals surface area contributed by atoms with Gasteiger partial charge in [-0.15, -0.1) is 11.3 Å². The first-order valence-electron chi connectivity index (χ1n) is 23.0. The molecule has 1 aromatic carbocycles. The standard InChI is InChI=1S/C48H65F3N8O6S/c1-10-47(7,8)23-35-33-20-30(38-27-66-40(53-38)22-37(54-45(62)65-46(4,5)6)43(60)59-15-11-12-36(55-59)44(61)63-9)13-14-39(33)58(28-48(49,50)51)42(35)34-21-31(24-52-41(34)29(2)3)57-17-16-56-18-19-64-26-32(56)25-57/h13-14,20-21,24,27,29,32,36-37,55H,10-12,15-19,22-23,25-26,28H2,1-9H3,(H,54,62)/t32-,36-,37-/m0/s1. The van der Waals surface area contributed by atoms with Gasteiger partial charge in [-0.05, 0) is 75.1 Å². The minimum absolute atomic E-state index is 0.0121. The van der Waals surface area contributed by atoms with Crippen molar-refractivity contribution in [3.8, 4) is 22.5 Å². The summed E-state index contributed by atoms with van der Waals surface area (Å²) in [7, 11) is 1.29. The molecule has 3 aliphatic rings. The summed E-state index contributed by atoms with van der Waals surface area (Å²) in [5.41, 5.74) is 7.22. The number of ether oxygens (including phenoxy) is 3. The largest absolute Gasteiger partial charge is 0.468 e. The Bertz CT molecular complexity index is 2390. The highest BCUT2D eigenvalue weighted by molar-refractivity contribution is 7.10. The number of methoxy groups -OCH3 is 1. The second-order valence-electron chi connectivity index (χ2n) is 19.8. The number of esters is 1. The maximum Gasteiger partial charge on any atom is 0.408 e. The van der Waals surface area contributed by atoms with Crippen LogP contribution >= 0.6 is 11.3 Å². The molecule has 360 valence electrons. The first kappa shape index (κ1) is 49.1. The lowest BCUT2D eigenvalue weighted by Crippen LogP contribution is -2.60. The molecule has 3 aromatic heterocycles. The molecular weight excluding hydrogens is 874 g/mol. The van der Waals surface area contributed by atoms with Crippen LogP contribution in [0, 0.1) is 5.41 Å². The summed E-state index contributed by atoms with van der Waals surface area (Å²) in [4.78, 5) is 54.2. The molecule has 3 fully saturated rings. The number of thiazole rings is 1. The fourth-order valence-corrected chi connectivity index (χ4v) is 9.94. The van der Waals surface area contributed by atoms with E-state index in [1.807, 2.05) is 31.5 Å². The number of carbonyl (C=O) groups is 3. The number of anilines is 1. The molecule has 4 aromatic rings. The molecule has 0 spiro atoms. The third kappa shape index (κ3) is 11.5. The Morgan fingerprint density at radius 2 is 1.83 bits per heavy atom. The number of halogens is 3. The van der Waals surface area contributed by atoms with Crippen molar-refractivity contribution >= 4 is 45.9 Å². The second kappa shape index (κ2) is 19.8. The van der Waals surface area contributed by atoms with Gasteiger partial charge in [0.2, 0.25) is 0 Å². The Hall–Kier alpha value is -4.78. The summed E-state index contributed by atoms with van der Waals surface area (Å²) < 4.78 is 62.3. The summed E-state index contributed by atoms with van der Waals surface area (Å²) in [6.45, 7) is 19.3. The van der Waals surface area contributed by atoms with Gasteiger partial charge in [0.05, 0.1) is 60.3 Å². The molecule has 0 saturated carbocycles. The molecule has 0 bridgehead atoms. The third-order valence-corrected chi connectivity index (χ3v) is 13.7. The number of alkyl carbamates (subject to hydrolysis) is 1. The maximum atomic E-state index is 14.9. The number of benzene rings is 1. The molecule has 66 heavy (non-hydrogen) atoms. The van der Waals surface area contributed by atoms with Gasteiger partial charge in [0.1, 0.15) is 24.2 Å². The van der Waals surface area contributed by atoms with Crippen LogP contribution in [-0.2, 0) is 43.2 Å². The lowest BCUT2D eigenvalue weighted by molar-refractivity contribution is -0.150. The Morgan fingerprint density at radius 1 is 1.06 bits per heavy atom. The Labute approximate surface area is 389 Å². The number of amides is 2. The van der Waals surface area contributed by atoms with Crippen LogP contribution in [0.15, 0.2) is 35.8 Å². The van der Waals surface area contributed by atoms with E-state index < -0.39 is 48.4 Å². The first-order chi connectivity index (χ1) is 31.1. The summed E-state index contributed by atoms with van der Waals surface area (Å²) in [6, 6.07) is 5.94. The third-order valence-electron chi connectivity index (χ3n) is 12.8. The number of nitrogens with zero attached hydrogens (tertiary/aromatic N) is 6. The van der Waals surface area contributed by atoms with Crippen LogP contribution < -0.4 is 15.6 Å². The maximum absolute atomic E-state index is 14.9. The number of rotatable bonds is 13. The fraction of sp³-hybridized carbons (Fsp3) is 0.604. The molecule has 14 nitrogen and oxygen atoms in total. The first-order valence-corrected chi connectivity index (χ1v) is 23.9. The van der Waals surface area contributed by atoms with Crippen molar-refractivity contribution in [2.45, 2.75) is 130 Å². The van der Waals surface area contributed by atoms with Crippen LogP contribution in [0.2, 0.25) is 0 Å². The number of hydrogen-bond donors (Lipinski definition) is 2.